The molecule has 0 unspecified atom stereocenters. The molecule has 0 saturated heterocycles. The highest BCUT2D eigenvalue weighted by Gasteiger charge is 2.15. The van der Waals surface area contributed by atoms with Crippen LogP contribution in [-0.4, -0.2) is 24.3 Å². The predicted molar refractivity (Wildman–Crippen MR) is 69.8 cm³/mol. The molecule has 0 atom stereocenters. The summed E-state index contributed by atoms with van der Waals surface area (Å²) >= 11 is 0. The monoisotopic (exact) mass is 246 g/mol. The second-order valence-electron chi connectivity index (χ2n) is 3.74. The molecule has 1 aromatic carbocycles. The maximum absolute atomic E-state index is 10.9. The van der Waals surface area contributed by atoms with Crippen molar-refractivity contribution in [2.45, 2.75) is 13.3 Å². The van der Waals surface area contributed by atoms with Gasteiger partial charge >= 0.3 is 0 Å². The summed E-state index contributed by atoms with van der Waals surface area (Å²) in [4.78, 5) is 22.9. The molecule has 0 amide bonds. The molecule has 0 aliphatic rings. The lowest BCUT2D eigenvalue weighted by Crippen LogP contribution is -2.24. The van der Waals surface area contributed by atoms with Crippen LogP contribution in [0.15, 0.2) is 18.2 Å². The predicted octanol–water partition coefficient (Wildman–Crippen LogP) is 2.26. The highest BCUT2D eigenvalue weighted by atomic mass is 16.6. The molecule has 0 N–H and O–H groups in total. The third-order valence-electron chi connectivity index (χ3n) is 2.48. The van der Waals surface area contributed by atoms with Crippen LogP contribution in [0.5, 0.6) is 0 Å². The molecule has 0 fully saturated rings. The average Bonchev–Trinajstić information content (AvgIpc) is 2.37. The summed E-state index contributed by atoms with van der Waals surface area (Å²) in [5.41, 5.74) is 0.601. The van der Waals surface area contributed by atoms with Crippen molar-refractivity contribution in [3.63, 3.8) is 0 Å². The van der Waals surface area contributed by atoms with Gasteiger partial charge in [0.2, 0.25) is 0 Å². The fourth-order valence-electron chi connectivity index (χ4n) is 1.68. The summed E-state index contributed by atoms with van der Waals surface area (Å²) in [6.07, 6.45) is 6.66. The van der Waals surface area contributed by atoms with E-state index < -0.39 is 4.92 Å². The number of carbonyl (C=O) groups excluding carboxylic acids is 1. The summed E-state index contributed by atoms with van der Waals surface area (Å²) in [7, 11) is 0. The molecule has 0 spiro atoms. The largest absolute Gasteiger partial charge is 0.360 e. The normalized spacial score (nSPS) is 9.56. The quantitative estimate of drug-likeness (QED) is 0.334. The molecule has 5 heteroatoms. The molecule has 1 rings (SSSR count). The van der Waals surface area contributed by atoms with Gasteiger partial charge in [0.1, 0.15) is 0 Å². The Labute approximate surface area is 106 Å². The summed E-state index contributed by atoms with van der Waals surface area (Å²) in [5, 5.41) is 10.7. The van der Waals surface area contributed by atoms with Crippen molar-refractivity contribution in [3.8, 4) is 12.3 Å². The van der Waals surface area contributed by atoms with E-state index in [0.717, 1.165) is 18.7 Å². The van der Waals surface area contributed by atoms with E-state index in [1.54, 1.807) is 6.07 Å². The number of nitro groups is 1. The number of hydrogen-bond donors (Lipinski definition) is 0. The van der Waals surface area contributed by atoms with Gasteiger partial charge in [0.15, 0.2) is 6.29 Å². The van der Waals surface area contributed by atoms with Crippen molar-refractivity contribution in [1.82, 2.24) is 0 Å². The lowest BCUT2D eigenvalue weighted by atomic mass is 10.1. The van der Waals surface area contributed by atoms with Gasteiger partial charge < -0.3 is 4.90 Å². The first-order valence-electron chi connectivity index (χ1n) is 5.56. The zero-order valence-corrected chi connectivity index (χ0v) is 10.1. The molecule has 94 valence electrons. The minimum Gasteiger partial charge on any atom is -0.360 e. The van der Waals surface area contributed by atoms with Crippen molar-refractivity contribution in [3.05, 3.63) is 33.9 Å². The highest BCUT2D eigenvalue weighted by Crippen LogP contribution is 2.23. The Morgan fingerprint density at radius 2 is 2.28 bits per heavy atom. The van der Waals surface area contributed by atoms with Crippen LogP contribution in [0.4, 0.5) is 11.4 Å². The van der Waals surface area contributed by atoms with E-state index in [9.17, 15) is 14.9 Å². The molecule has 0 radical (unpaired) electrons. The second kappa shape index (κ2) is 6.40. The van der Waals surface area contributed by atoms with E-state index in [1.807, 2.05) is 11.8 Å². The molecule has 5 nitrogen and oxygen atoms in total. The van der Waals surface area contributed by atoms with Crippen molar-refractivity contribution in [2.24, 2.45) is 0 Å². The third kappa shape index (κ3) is 3.08. The molecular weight excluding hydrogens is 232 g/mol. The third-order valence-corrected chi connectivity index (χ3v) is 2.48. The topological polar surface area (TPSA) is 63.4 Å². The van der Waals surface area contributed by atoms with Gasteiger partial charge in [0, 0.05) is 18.3 Å². The Bertz CT molecular complexity index is 491. The molecule has 0 saturated carbocycles. The molecule has 0 aromatic heterocycles. The van der Waals surface area contributed by atoms with Crippen LogP contribution in [0.25, 0.3) is 0 Å². The van der Waals surface area contributed by atoms with Crippen LogP contribution >= 0.6 is 0 Å². The second-order valence-corrected chi connectivity index (χ2v) is 3.74. The molecular formula is C13H14N2O3. The van der Waals surface area contributed by atoms with E-state index in [0.29, 0.717) is 12.8 Å². The summed E-state index contributed by atoms with van der Waals surface area (Å²) in [6, 6.07) is 4.44. The standard InChI is InChI=1S/C13H14N2O3/c1-3-7-14(8-4-2)12-5-6-13(15(17)18)11(9-12)10-16/h1,5-6,9-10H,4,7-8H2,2H3. The van der Waals surface area contributed by atoms with Crippen LogP contribution in [0.3, 0.4) is 0 Å². The summed E-state index contributed by atoms with van der Waals surface area (Å²) in [6.45, 7) is 3.15. The number of anilines is 1. The van der Waals surface area contributed by atoms with Crippen molar-refractivity contribution >= 4 is 17.7 Å². The Morgan fingerprint density at radius 1 is 1.56 bits per heavy atom. The SMILES string of the molecule is C#CCN(CCC)c1ccc([N+](=O)[O-])c(C=O)c1. The van der Waals surface area contributed by atoms with Gasteiger partial charge in [-0.05, 0) is 18.6 Å². The highest BCUT2D eigenvalue weighted by molar-refractivity contribution is 5.83. The number of aldehydes is 1. The summed E-state index contributed by atoms with van der Waals surface area (Å²) < 4.78 is 0. The smallest absolute Gasteiger partial charge is 0.280 e. The van der Waals surface area contributed by atoms with Crippen LogP contribution in [0.2, 0.25) is 0 Å². The van der Waals surface area contributed by atoms with Gasteiger partial charge in [0.05, 0.1) is 17.0 Å². The van der Waals surface area contributed by atoms with Crippen LogP contribution < -0.4 is 4.90 Å². The first-order chi connectivity index (χ1) is 8.63. The number of rotatable bonds is 6. The van der Waals surface area contributed by atoms with E-state index in [2.05, 4.69) is 5.92 Å². The number of nitro benzene ring substituents is 1. The maximum Gasteiger partial charge on any atom is 0.280 e. The molecule has 0 aliphatic carbocycles. The minimum atomic E-state index is -0.571. The van der Waals surface area contributed by atoms with Crippen LogP contribution in [0, 0.1) is 22.5 Å². The lowest BCUT2D eigenvalue weighted by Gasteiger charge is -2.21. The van der Waals surface area contributed by atoms with Crippen LogP contribution in [0.1, 0.15) is 23.7 Å². The maximum atomic E-state index is 10.9. The van der Waals surface area contributed by atoms with Gasteiger partial charge in [-0.15, -0.1) is 6.42 Å². The van der Waals surface area contributed by atoms with Crippen molar-refractivity contribution < 1.29 is 9.72 Å². The number of carbonyl (C=O) groups is 1. The Hall–Kier alpha value is -2.35. The molecule has 18 heavy (non-hydrogen) atoms. The Morgan fingerprint density at radius 3 is 2.78 bits per heavy atom. The number of terminal acetylenes is 1. The first-order valence-corrected chi connectivity index (χ1v) is 5.56. The molecule has 0 heterocycles. The Balaban J connectivity index is 3.14. The number of benzene rings is 1. The van der Waals surface area contributed by atoms with Gasteiger partial charge in [-0.3, -0.25) is 14.9 Å². The molecule has 1 aromatic rings. The van der Waals surface area contributed by atoms with Gasteiger partial charge in [-0.2, -0.15) is 0 Å². The summed E-state index contributed by atoms with van der Waals surface area (Å²) in [5.74, 6) is 2.53. The number of hydrogen-bond acceptors (Lipinski definition) is 4. The van der Waals surface area contributed by atoms with E-state index in [1.165, 1.54) is 12.1 Å². The van der Waals surface area contributed by atoms with Gasteiger partial charge in [-0.1, -0.05) is 12.8 Å². The Kier molecular flexibility index (Phi) is 4.88. The van der Waals surface area contributed by atoms with E-state index >= 15 is 0 Å². The fourth-order valence-corrected chi connectivity index (χ4v) is 1.68. The van der Waals surface area contributed by atoms with Crippen molar-refractivity contribution in [2.75, 3.05) is 18.0 Å². The zero-order valence-electron chi connectivity index (χ0n) is 10.1. The first kappa shape index (κ1) is 13.7. The van der Waals surface area contributed by atoms with E-state index in [-0.39, 0.29) is 11.3 Å². The van der Waals surface area contributed by atoms with Crippen molar-refractivity contribution in [1.29, 1.82) is 0 Å². The van der Waals surface area contributed by atoms with Crippen LogP contribution in [-0.2, 0) is 0 Å². The van der Waals surface area contributed by atoms with Gasteiger partial charge in [0.25, 0.3) is 5.69 Å². The van der Waals surface area contributed by atoms with E-state index in [4.69, 9.17) is 6.42 Å². The minimum absolute atomic E-state index is 0.0654. The molecule has 0 aliphatic heterocycles. The molecule has 0 bridgehead atoms. The van der Waals surface area contributed by atoms with Gasteiger partial charge in [-0.25, -0.2) is 0 Å². The average molecular weight is 246 g/mol. The fraction of sp³-hybridized carbons (Fsp3) is 0.308. The zero-order chi connectivity index (χ0) is 13.5. The number of nitrogens with zero attached hydrogens (tertiary/aromatic N) is 2. The lowest BCUT2D eigenvalue weighted by molar-refractivity contribution is -0.385.